The second-order valence-corrected chi connectivity index (χ2v) is 5.50. The molecular weight excluding hydrogens is 363 g/mol. The van der Waals surface area contributed by atoms with E-state index >= 15 is 0 Å². The number of anilines is 1. The van der Waals surface area contributed by atoms with Gasteiger partial charge in [-0.05, 0) is 24.3 Å². The highest BCUT2D eigenvalue weighted by molar-refractivity contribution is 5.94. The highest BCUT2D eigenvalue weighted by Crippen LogP contribution is 2.25. The minimum Gasteiger partial charge on any atom is -0.477 e. The molecule has 0 atom stereocenters. The van der Waals surface area contributed by atoms with Crippen LogP contribution in [0.25, 0.3) is 16.6 Å². The van der Waals surface area contributed by atoms with E-state index in [1.165, 1.54) is 0 Å². The summed E-state index contributed by atoms with van der Waals surface area (Å²) < 4.78 is 42.7. The van der Waals surface area contributed by atoms with Gasteiger partial charge in [-0.3, -0.25) is 4.79 Å². The van der Waals surface area contributed by atoms with E-state index in [1.54, 1.807) is 6.07 Å². The molecule has 9 heteroatoms. The van der Waals surface area contributed by atoms with Crippen molar-refractivity contribution < 1.29 is 23.1 Å². The Morgan fingerprint density at radius 1 is 1.19 bits per heavy atom. The molecule has 0 fully saturated rings. The molecule has 0 saturated heterocycles. The van der Waals surface area contributed by atoms with E-state index in [-0.39, 0.29) is 28.8 Å². The van der Waals surface area contributed by atoms with Crippen LogP contribution < -0.4 is 10.7 Å². The van der Waals surface area contributed by atoms with Gasteiger partial charge in [0.1, 0.15) is 29.6 Å². The Balaban J connectivity index is 2.42. The molecular formula is C18H10F3N3O3. The lowest BCUT2D eigenvalue weighted by Gasteiger charge is -2.15. The third-order valence-electron chi connectivity index (χ3n) is 3.85. The van der Waals surface area contributed by atoms with E-state index < -0.39 is 34.4 Å². The maximum Gasteiger partial charge on any atom is 0.341 e. The largest absolute Gasteiger partial charge is 0.477 e. The maximum absolute atomic E-state index is 14.3. The zero-order valence-corrected chi connectivity index (χ0v) is 13.5. The van der Waals surface area contributed by atoms with Crippen LogP contribution in [-0.4, -0.2) is 22.2 Å². The van der Waals surface area contributed by atoms with Gasteiger partial charge in [0.15, 0.2) is 0 Å². The molecule has 2 aromatic carbocycles. The normalized spacial score (nSPS) is 10.6. The summed E-state index contributed by atoms with van der Waals surface area (Å²) in [7, 11) is 0. The summed E-state index contributed by atoms with van der Waals surface area (Å²) in [4.78, 5) is 23.8. The van der Waals surface area contributed by atoms with Gasteiger partial charge in [-0.1, -0.05) is 0 Å². The summed E-state index contributed by atoms with van der Waals surface area (Å²) in [6.07, 6.45) is 0.884. The van der Waals surface area contributed by atoms with Crippen LogP contribution in [0.2, 0.25) is 0 Å². The monoisotopic (exact) mass is 373 g/mol. The Labute approximate surface area is 149 Å². The number of aromatic nitrogens is 1. The number of nitriles is 1. The smallest absolute Gasteiger partial charge is 0.341 e. The molecule has 0 aliphatic rings. The number of nitrogens with zero attached hydrogens (tertiary/aromatic N) is 2. The van der Waals surface area contributed by atoms with Crippen LogP contribution in [0.5, 0.6) is 0 Å². The van der Waals surface area contributed by atoms with Gasteiger partial charge in [-0.25, -0.2) is 18.0 Å². The molecule has 1 heterocycles. The maximum atomic E-state index is 14.3. The molecule has 2 N–H and O–H groups in total. The minimum atomic E-state index is -1.58. The quantitative estimate of drug-likeness (QED) is 0.686. The van der Waals surface area contributed by atoms with Crippen molar-refractivity contribution in [1.29, 1.82) is 5.26 Å². The average Bonchev–Trinajstić information content (AvgIpc) is 2.61. The lowest BCUT2D eigenvalue weighted by atomic mass is 10.1. The number of aromatic carboxylic acids is 1. The van der Waals surface area contributed by atoms with Crippen molar-refractivity contribution in [3.8, 4) is 11.8 Å². The summed E-state index contributed by atoms with van der Waals surface area (Å²) in [6.45, 7) is -0.231. The first-order valence-electron chi connectivity index (χ1n) is 7.52. The third kappa shape index (κ3) is 3.20. The van der Waals surface area contributed by atoms with E-state index in [2.05, 4.69) is 5.32 Å². The van der Waals surface area contributed by atoms with Gasteiger partial charge < -0.3 is 15.0 Å². The number of fused-ring (bicyclic) bond motifs is 1. The number of hydrogen-bond donors (Lipinski definition) is 2. The van der Waals surface area contributed by atoms with Gasteiger partial charge in [0, 0.05) is 17.6 Å². The SMILES string of the molecule is N#CCNc1cc2c(cc1F)c(=O)c(C(=O)O)cn2-c1ccc(F)cc1F. The number of pyridine rings is 1. The van der Waals surface area contributed by atoms with Crippen LogP contribution in [0.15, 0.2) is 41.3 Å². The summed E-state index contributed by atoms with van der Waals surface area (Å²) in [5, 5.41) is 20.1. The summed E-state index contributed by atoms with van der Waals surface area (Å²) in [6, 6.07) is 6.34. The molecule has 6 nitrogen and oxygen atoms in total. The molecule has 1 aromatic heterocycles. The molecule has 3 aromatic rings. The summed E-state index contributed by atoms with van der Waals surface area (Å²) in [5.41, 5.74) is -2.05. The molecule has 0 aliphatic heterocycles. The Hall–Kier alpha value is -3.80. The van der Waals surface area contributed by atoms with Gasteiger partial charge >= 0.3 is 5.97 Å². The molecule has 0 spiro atoms. The highest BCUT2D eigenvalue weighted by atomic mass is 19.1. The average molecular weight is 373 g/mol. The number of nitrogens with one attached hydrogen (secondary N) is 1. The number of carboxylic acid groups (broad SMARTS) is 1. The fourth-order valence-corrected chi connectivity index (χ4v) is 2.64. The van der Waals surface area contributed by atoms with Gasteiger partial charge in [-0.15, -0.1) is 0 Å². The predicted molar refractivity (Wildman–Crippen MR) is 90.5 cm³/mol. The molecule has 0 unspecified atom stereocenters. The second-order valence-electron chi connectivity index (χ2n) is 5.50. The fraction of sp³-hybridized carbons (Fsp3) is 0.0556. The summed E-state index contributed by atoms with van der Waals surface area (Å²) >= 11 is 0. The van der Waals surface area contributed by atoms with E-state index in [4.69, 9.17) is 5.26 Å². The van der Waals surface area contributed by atoms with Gasteiger partial charge in [0.05, 0.1) is 23.0 Å². The lowest BCUT2D eigenvalue weighted by Crippen LogP contribution is -2.19. The van der Waals surface area contributed by atoms with Gasteiger partial charge in [-0.2, -0.15) is 5.26 Å². The predicted octanol–water partition coefficient (Wildman–Crippen LogP) is 3.04. The van der Waals surface area contributed by atoms with Crippen molar-refractivity contribution in [1.82, 2.24) is 4.57 Å². The molecule has 3 rings (SSSR count). The van der Waals surface area contributed by atoms with E-state index in [9.17, 15) is 27.9 Å². The molecule has 0 amide bonds. The van der Waals surface area contributed by atoms with Gasteiger partial charge in [0.25, 0.3) is 0 Å². The van der Waals surface area contributed by atoms with Crippen molar-refractivity contribution in [2.75, 3.05) is 11.9 Å². The van der Waals surface area contributed by atoms with E-state index in [0.717, 1.165) is 35.0 Å². The van der Waals surface area contributed by atoms with E-state index in [0.29, 0.717) is 6.07 Å². The standard InChI is InChI=1S/C18H10F3N3O3/c19-9-1-2-15(13(21)5-9)24-8-11(18(26)27)17(25)10-6-12(20)14(7-16(10)24)23-4-3-22/h1-2,5-8,23H,4H2,(H,26,27). The van der Waals surface area contributed by atoms with E-state index in [1.807, 2.05) is 0 Å². The number of hydrogen-bond acceptors (Lipinski definition) is 4. The number of benzene rings is 2. The van der Waals surface area contributed by atoms with Crippen LogP contribution >= 0.6 is 0 Å². The Kier molecular flexibility index (Phi) is 4.56. The summed E-state index contributed by atoms with van der Waals surface area (Å²) in [5.74, 6) is -4.32. The van der Waals surface area contributed by atoms with Crippen LogP contribution in [0, 0.1) is 28.8 Å². The van der Waals surface area contributed by atoms with Crippen molar-refractivity contribution in [2.45, 2.75) is 0 Å². The fourth-order valence-electron chi connectivity index (χ4n) is 2.64. The number of carbonyl (C=O) groups is 1. The zero-order chi connectivity index (χ0) is 19.7. The van der Waals surface area contributed by atoms with Gasteiger partial charge in [0.2, 0.25) is 5.43 Å². The van der Waals surface area contributed by atoms with Crippen LogP contribution in [-0.2, 0) is 0 Å². The highest BCUT2D eigenvalue weighted by Gasteiger charge is 2.19. The van der Waals surface area contributed by atoms with Crippen LogP contribution in [0.3, 0.4) is 0 Å². The first-order chi connectivity index (χ1) is 12.8. The molecule has 0 radical (unpaired) electrons. The molecule has 0 saturated carbocycles. The van der Waals surface area contributed by atoms with Crippen LogP contribution in [0.4, 0.5) is 18.9 Å². The first kappa shape index (κ1) is 18.0. The third-order valence-corrected chi connectivity index (χ3v) is 3.85. The Morgan fingerprint density at radius 3 is 2.56 bits per heavy atom. The van der Waals surface area contributed by atoms with Crippen molar-refractivity contribution in [3.05, 3.63) is 69.8 Å². The first-order valence-corrected chi connectivity index (χ1v) is 7.52. The number of rotatable bonds is 4. The minimum absolute atomic E-state index is 0.0163. The number of carboxylic acids is 1. The Bertz CT molecular complexity index is 1180. The second kappa shape index (κ2) is 6.84. The molecule has 0 aliphatic carbocycles. The molecule has 0 bridgehead atoms. The molecule has 27 heavy (non-hydrogen) atoms. The number of halogens is 3. The van der Waals surface area contributed by atoms with Crippen LogP contribution in [0.1, 0.15) is 10.4 Å². The van der Waals surface area contributed by atoms with Crippen molar-refractivity contribution >= 4 is 22.6 Å². The lowest BCUT2D eigenvalue weighted by molar-refractivity contribution is 0.0695. The topological polar surface area (TPSA) is 95.1 Å². The Morgan fingerprint density at radius 2 is 1.93 bits per heavy atom. The molecule has 136 valence electrons. The van der Waals surface area contributed by atoms with Crippen molar-refractivity contribution in [3.63, 3.8) is 0 Å². The van der Waals surface area contributed by atoms with Crippen molar-refractivity contribution in [2.24, 2.45) is 0 Å². The zero-order valence-electron chi connectivity index (χ0n) is 13.5.